The van der Waals surface area contributed by atoms with Gasteiger partial charge in [-0.3, -0.25) is 9.67 Å². The van der Waals surface area contributed by atoms with Gasteiger partial charge in [-0.2, -0.15) is 5.10 Å². The van der Waals surface area contributed by atoms with E-state index in [-0.39, 0.29) is 5.82 Å². The van der Waals surface area contributed by atoms with E-state index in [4.69, 9.17) is 0 Å². The Balaban J connectivity index is 1.75. The smallest absolute Gasteiger partial charge is 0.141 e. The van der Waals surface area contributed by atoms with Crippen molar-refractivity contribution in [2.24, 2.45) is 7.05 Å². The van der Waals surface area contributed by atoms with Crippen molar-refractivity contribution in [1.82, 2.24) is 20.1 Å². The van der Waals surface area contributed by atoms with Crippen molar-refractivity contribution in [3.63, 3.8) is 0 Å². The second-order valence-electron chi connectivity index (χ2n) is 3.88. The van der Waals surface area contributed by atoms with Crippen LogP contribution in [0.5, 0.6) is 0 Å². The number of aromatic nitrogens is 3. The van der Waals surface area contributed by atoms with E-state index in [9.17, 15) is 4.39 Å². The fourth-order valence-corrected chi connectivity index (χ4v) is 1.65. The van der Waals surface area contributed by atoms with E-state index in [2.05, 4.69) is 15.4 Å². The Morgan fingerprint density at radius 3 is 3.00 bits per heavy atom. The van der Waals surface area contributed by atoms with Crippen LogP contribution >= 0.6 is 0 Å². The van der Waals surface area contributed by atoms with Crippen LogP contribution < -0.4 is 5.32 Å². The van der Waals surface area contributed by atoms with Crippen LogP contribution in [0.4, 0.5) is 4.39 Å². The van der Waals surface area contributed by atoms with Crippen LogP contribution in [-0.2, 0) is 20.0 Å². The highest BCUT2D eigenvalue weighted by atomic mass is 19.1. The molecule has 0 radical (unpaired) electrons. The summed E-state index contributed by atoms with van der Waals surface area (Å²) in [5, 5.41) is 7.34. The van der Waals surface area contributed by atoms with E-state index in [1.807, 2.05) is 17.8 Å². The molecule has 0 saturated heterocycles. The first-order valence-corrected chi connectivity index (χ1v) is 5.53. The number of aryl methyl sites for hydroxylation is 1. The van der Waals surface area contributed by atoms with Gasteiger partial charge in [-0.15, -0.1) is 0 Å². The minimum absolute atomic E-state index is 0.295. The summed E-state index contributed by atoms with van der Waals surface area (Å²) in [6.07, 6.45) is 5.56. The third-order valence-corrected chi connectivity index (χ3v) is 2.57. The van der Waals surface area contributed by atoms with Gasteiger partial charge in [0.1, 0.15) is 5.82 Å². The summed E-state index contributed by atoms with van der Waals surface area (Å²) in [7, 11) is 1.92. The summed E-state index contributed by atoms with van der Waals surface area (Å²) in [5.74, 6) is -0.295. The SMILES string of the molecule is Cn1nccc1CCNCc1cncc(F)c1. The fourth-order valence-electron chi connectivity index (χ4n) is 1.65. The molecule has 0 aliphatic rings. The van der Waals surface area contributed by atoms with Crippen LogP contribution in [0.15, 0.2) is 30.7 Å². The average Bonchev–Trinajstić information content (AvgIpc) is 2.71. The summed E-state index contributed by atoms with van der Waals surface area (Å²) < 4.78 is 14.7. The maximum Gasteiger partial charge on any atom is 0.141 e. The van der Waals surface area contributed by atoms with Gasteiger partial charge in [0, 0.05) is 44.6 Å². The van der Waals surface area contributed by atoms with E-state index in [1.165, 1.54) is 18.0 Å². The van der Waals surface area contributed by atoms with Gasteiger partial charge in [-0.05, 0) is 17.7 Å². The van der Waals surface area contributed by atoms with Crippen LogP contribution in [0, 0.1) is 5.82 Å². The molecule has 0 spiro atoms. The van der Waals surface area contributed by atoms with Gasteiger partial charge in [0.25, 0.3) is 0 Å². The van der Waals surface area contributed by atoms with E-state index in [1.54, 1.807) is 12.4 Å². The molecule has 2 rings (SSSR count). The Hall–Kier alpha value is -1.75. The van der Waals surface area contributed by atoms with Crippen molar-refractivity contribution in [3.05, 3.63) is 47.8 Å². The number of hydrogen-bond acceptors (Lipinski definition) is 3. The van der Waals surface area contributed by atoms with E-state index in [0.717, 1.165) is 18.5 Å². The topological polar surface area (TPSA) is 42.7 Å². The zero-order valence-electron chi connectivity index (χ0n) is 9.73. The highest BCUT2D eigenvalue weighted by Gasteiger charge is 1.99. The second-order valence-corrected chi connectivity index (χ2v) is 3.88. The zero-order chi connectivity index (χ0) is 12.1. The molecule has 0 atom stereocenters. The summed E-state index contributed by atoms with van der Waals surface area (Å²) in [5.41, 5.74) is 2.03. The molecule has 0 aromatic carbocycles. The number of pyridine rings is 1. The van der Waals surface area contributed by atoms with Crippen molar-refractivity contribution >= 4 is 0 Å². The minimum Gasteiger partial charge on any atom is -0.312 e. The molecule has 2 aromatic heterocycles. The Morgan fingerprint density at radius 1 is 1.41 bits per heavy atom. The van der Waals surface area contributed by atoms with Crippen LogP contribution in [0.3, 0.4) is 0 Å². The van der Waals surface area contributed by atoms with Gasteiger partial charge in [0.2, 0.25) is 0 Å². The highest BCUT2D eigenvalue weighted by molar-refractivity contribution is 5.09. The number of nitrogens with one attached hydrogen (secondary N) is 1. The molecule has 5 heteroatoms. The minimum atomic E-state index is -0.295. The molecule has 0 bridgehead atoms. The Kier molecular flexibility index (Phi) is 3.82. The quantitative estimate of drug-likeness (QED) is 0.793. The van der Waals surface area contributed by atoms with Gasteiger partial charge in [0.05, 0.1) is 6.20 Å². The predicted molar refractivity (Wildman–Crippen MR) is 62.8 cm³/mol. The summed E-state index contributed by atoms with van der Waals surface area (Å²) in [6, 6.07) is 3.48. The van der Waals surface area contributed by atoms with E-state index < -0.39 is 0 Å². The first-order chi connectivity index (χ1) is 8.25. The molecule has 1 N–H and O–H groups in total. The van der Waals surface area contributed by atoms with E-state index >= 15 is 0 Å². The van der Waals surface area contributed by atoms with Crippen LogP contribution in [0.25, 0.3) is 0 Å². The maximum atomic E-state index is 12.9. The molecular weight excluding hydrogens is 219 g/mol. The van der Waals surface area contributed by atoms with Crippen molar-refractivity contribution < 1.29 is 4.39 Å². The third kappa shape index (κ3) is 3.35. The van der Waals surface area contributed by atoms with Crippen molar-refractivity contribution in [3.8, 4) is 0 Å². The van der Waals surface area contributed by atoms with Gasteiger partial charge >= 0.3 is 0 Å². The molecule has 2 heterocycles. The fraction of sp³-hybridized carbons (Fsp3) is 0.333. The lowest BCUT2D eigenvalue weighted by Gasteiger charge is -2.05. The molecule has 17 heavy (non-hydrogen) atoms. The lowest BCUT2D eigenvalue weighted by atomic mass is 10.2. The lowest BCUT2D eigenvalue weighted by molar-refractivity contribution is 0.609. The molecule has 4 nitrogen and oxygen atoms in total. The Labute approximate surface area is 99.5 Å². The molecule has 0 aliphatic heterocycles. The molecule has 2 aromatic rings. The number of hydrogen-bond donors (Lipinski definition) is 1. The van der Waals surface area contributed by atoms with Gasteiger partial charge < -0.3 is 5.32 Å². The second kappa shape index (κ2) is 5.54. The molecular formula is C12H15FN4. The molecule has 0 unspecified atom stereocenters. The largest absolute Gasteiger partial charge is 0.312 e. The van der Waals surface area contributed by atoms with Crippen molar-refractivity contribution in [2.75, 3.05) is 6.54 Å². The Bertz CT molecular complexity index is 481. The normalized spacial score (nSPS) is 10.7. The van der Waals surface area contributed by atoms with Crippen LogP contribution in [0.2, 0.25) is 0 Å². The van der Waals surface area contributed by atoms with Crippen LogP contribution in [-0.4, -0.2) is 21.3 Å². The summed E-state index contributed by atoms with van der Waals surface area (Å²) >= 11 is 0. The number of nitrogens with zero attached hydrogens (tertiary/aromatic N) is 3. The molecule has 90 valence electrons. The van der Waals surface area contributed by atoms with Gasteiger partial charge in [0.15, 0.2) is 0 Å². The molecule has 0 fully saturated rings. The monoisotopic (exact) mass is 234 g/mol. The summed E-state index contributed by atoms with van der Waals surface area (Å²) in [6.45, 7) is 1.46. The number of halogens is 1. The number of rotatable bonds is 5. The Morgan fingerprint density at radius 2 is 2.29 bits per heavy atom. The lowest BCUT2D eigenvalue weighted by Crippen LogP contribution is -2.18. The molecule has 0 aliphatic carbocycles. The molecule has 0 amide bonds. The third-order valence-electron chi connectivity index (χ3n) is 2.57. The maximum absolute atomic E-state index is 12.9. The van der Waals surface area contributed by atoms with Crippen molar-refractivity contribution in [1.29, 1.82) is 0 Å². The van der Waals surface area contributed by atoms with Crippen LogP contribution in [0.1, 0.15) is 11.3 Å². The van der Waals surface area contributed by atoms with E-state index in [0.29, 0.717) is 6.54 Å². The standard InChI is InChI=1S/C12H15FN4/c1-17-12(3-5-16-17)2-4-14-7-10-6-11(13)9-15-8-10/h3,5-6,8-9,14H,2,4,7H2,1H3. The predicted octanol–water partition coefficient (Wildman–Crippen LogP) is 1.29. The average molecular weight is 234 g/mol. The van der Waals surface area contributed by atoms with Crippen molar-refractivity contribution in [2.45, 2.75) is 13.0 Å². The highest BCUT2D eigenvalue weighted by Crippen LogP contribution is 2.00. The molecule has 0 saturated carbocycles. The first-order valence-electron chi connectivity index (χ1n) is 5.53. The summed E-state index contributed by atoms with van der Waals surface area (Å²) in [4.78, 5) is 3.80. The zero-order valence-corrected chi connectivity index (χ0v) is 9.73. The first kappa shape index (κ1) is 11.7. The van der Waals surface area contributed by atoms with Gasteiger partial charge in [-0.1, -0.05) is 0 Å². The van der Waals surface area contributed by atoms with Gasteiger partial charge in [-0.25, -0.2) is 4.39 Å².